The van der Waals surface area contributed by atoms with Gasteiger partial charge >= 0.3 is 0 Å². The Morgan fingerprint density at radius 2 is 2.06 bits per heavy atom. The lowest BCUT2D eigenvalue weighted by atomic mass is 10.1. The number of pyridine rings is 1. The molecule has 4 N–H and O–H groups in total. The average molecular weight is 481 g/mol. The summed E-state index contributed by atoms with van der Waals surface area (Å²) < 4.78 is 0.878. The van der Waals surface area contributed by atoms with Gasteiger partial charge in [0.1, 0.15) is 11.4 Å². The lowest BCUT2D eigenvalue weighted by Crippen LogP contribution is -2.17. The van der Waals surface area contributed by atoms with Crippen LogP contribution in [0, 0.1) is 6.92 Å². The van der Waals surface area contributed by atoms with E-state index in [1.54, 1.807) is 24.4 Å². The molecule has 4 rings (SSSR count). The number of benzene rings is 2. The first-order chi connectivity index (χ1) is 14.8. The van der Waals surface area contributed by atoms with Gasteiger partial charge in [-0.2, -0.15) is 0 Å². The van der Waals surface area contributed by atoms with Gasteiger partial charge in [0.25, 0.3) is 5.56 Å². The number of aromatic nitrogens is 3. The van der Waals surface area contributed by atoms with Crippen molar-refractivity contribution in [2.75, 3.05) is 11.9 Å². The Kier molecular flexibility index (Phi) is 5.75. The second kappa shape index (κ2) is 8.49. The summed E-state index contributed by atoms with van der Waals surface area (Å²) in [7, 11) is 0. The first-order valence-corrected chi connectivity index (χ1v) is 10.5. The zero-order valence-corrected chi connectivity index (χ0v) is 18.6. The highest BCUT2D eigenvalue weighted by molar-refractivity contribution is 9.10. The van der Waals surface area contributed by atoms with Crippen molar-refractivity contribution in [3.05, 3.63) is 80.2 Å². The van der Waals surface area contributed by atoms with Crippen LogP contribution in [-0.2, 0) is 0 Å². The first kappa shape index (κ1) is 21.0. The molecule has 158 valence electrons. The number of imidazole rings is 1. The molecule has 1 atom stereocenters. The molecule has 31 heavy (non-hydrogen) atoms. The van der Waals surface area contributed by atoms with E-state index in [1.807, 2.05) is 31.2 Å². The topological polar surface area (TPSA) is 111 Å². The second-order valence-corrected chi connectivity index (χ2v) is 8.29. The Hall–Kier alpha value is -3.23. The van der Waals surface area contributed by atoms with E-state index in [0.29, 0.717) is 33.7 Å². The Morgan fingerprint density at radius 1 is 1.26 bits per heavy atom. The van der Waals surface area contributed by atoms with Crippen molar-refractivity contribution in [3.63, 3.8) is 0 Å². The summed E-state index contributed by atoms with van der Waals surface area (Å²) in [6.07, 6.45) is 0.780. The fourth-order valence-electron chi connectivity index (χ4n) is 3.51. The van der Waals surface area contributed by atoms with Crippen LogP contribution in [0.5, 0.6) is 0 Å². The first-order valence-electron chi connectivity index (χ1n) is 9.74. The molecule has 0 aliphatic heterocycles. The molecule has 0 fully saturated rings. The molecule has 0 saturated carbocycles. The highest BCUT2D eigenvalue weighted by Crippen LogP contribution is 2.27. The quantitative estimate of drug-likeness (QED) is 0.307. The maximum atomic E-state index is 12.7. The number of fused-ring (bicyclic) bond motifs is 1. The van der Waals surface area contributed by atoms with Gasteiger partial charge in [0.15, 0.2) is 5.78 Å². The predicted octanol–water partition coefficient (Wildman–Crippen LogP) is 4.34. The Bertz CT molecular complexity index is 1340. The minimum absolute atomic E-state index is 0.0393. The number of H-pyrrole nitrogens is 2. The molecule has 0 amide bonds. The van der Waals surface area contributed by atoms with E-state index in [-0.39, 0.29) is 17.9 Å². The number of aliphatic hydroxyl groups excluding tert-OH is 1. The molecular weight excluding hydrogens is 460 g/mol. The highest BCUT2D eigenvalue weighted by Gasteiger charge is 2.17. The average Bonchev–Trinajstić information content (AvgIpc) is 3.16. The van der Waals surface area contributed by atoms with E-state index >= 15 is 0 Å². The maximum absolute atomic E-state index is 12.7. The maximum Gasteiger partial charge on any atom is 0.261 e. The fourth-order valence-corrected chi connectivity index (χ4v) is 3.93. The van der Waals surface area contributed by atoms with E-state index < -0.39 is 6.10 Å². The van der Waals surface area contributed by atoms with Crippen LogP contribution in [0.2, 0.25) is 0 Å². The van der Waals surface area contributed by atoms with Gasteiger partial charge in [-0.05, 0) is 55.3 Å². The number of ketones is 1. The van der Waals surface area contributed by atoms with Gasteiger partial charge in [-0.1, -0.05) is 28.1 Å². The zero-order valence-electron chi connectivity index (χ0n) is 17.0. The number of carbonyl (C=O) groups excluding carboxylic acids is 1. The van der Waals surface area contributed by atoms with Crippen LogP contribution in [0.4, 0.5) is 5.69 Å². The number of aryl methyl sites for hydroxylation is 1. The molecule has 0 radical (unpaired) electrons. The van der Waals surface area contributed by atoms with Crippen molar-refractivity contribution in [1.82, 2.24) is 15.0 Å². The second-order valence-electron chi connectivity index (χ2n) is 7.38. The monoisotopic (exact) mass is 480 g/mol. The number of hydrogen-bond donors (Lipinski definition) is 4. The summed E-state index contributed by atoms with van der Waals surface area (Å²) in [4.78, 5) is 34.9. The normalized spacial score (nSPS) is 12.1. The van der Waals surface area contributed by atoms with Gasteiger partial charge in [-0.3, -0.25) is 9.59 Å². The van der Waals surface area contributed by atoms with E-state index in [1.165, 1.54) is 6.92 Å². The Morgan fingerprint density at radius 3 is 2.81 bits per heavy atom. The highest BCUT2D eigenvalue weighted by atomic mass is 79.9. The number of aromatic amines is 2. The third kappa shape index (κ3) is 4.30. The number of Topliss-reactive ketones (excluding diaryl/α,β-unsaturated/α-hetero) is 1. The molecule has 0 saturated heterocycles. The number of anilines is 1. The number of halogens is 1. The number of rotatable bonds is 6. The summed E-state index contributed by atoms with van der Waals surface area (Å²) in [5, 5.41) is 13.7. The molecule has 0 aliphatic rings. The van der Waals surface area contributed by atoms with Crippen LogP contribution in [0.15, 0.2) is 57.9 Å². The minimum atomic E-state index is -0.763. The third-order valence-electron chi connectivity index (χ3n) is 5.10. The van der Waals surface area contributed by atoms with Gasteiger partial charge in [0.2, 0.25) is 0 Å². The molecule has 2 heterocycles. The predicted molar refractivity (Wildman–Crippen MR) is 124 cm³/mol. The molecule has 0 bridgehead atoms. The molecule has 8 heteroatoms. The molecule has 2 aromatic heterocycles. The molecule has 0 spiro atoms. The van der Waals surface area contributed by atoms with Crippen molar-refractivity contribution in [2.24, 2.45) is 0 Å². The van der Waals surface area contributed by atoms with Crippen LogP contribution in [-0.4, -0.2) is 32.4 Å². The molecule has 4 aromatic rings. The number of nitrogens with one attached hydrogen (secondary N) is 3. The number of hydrogen-bond acceptors (Lipinski definition) is 5. The Labute approximate surface area is 186 Å². The van der Waals surface area contributed by atoms with E-state index in [0.717, 1.165) is 15.6 Å². The number of carbonyl (C=O) groups is 1. The van der Waals surface area contributed by atoms with E-state index in [4.69, 9.17) is 0 Å². The molecule has 7 nitrogen and oxygen atoms in total. The van der Waals surface area contributed by atoms with Crippen LogP contribution in [0.25, 0.3) is 22.4 Å². The smallest absolute Gasteiger partial charge is 0.261 e. The van der Waals surface area contributed by atoms with Crippen molar-refractivity contribution in [2.45, 2.75) is 20.0 Å². The van der Waals surface area contributed by atoms with Crippen molar-refractivity contribution < 1.29 is 9.90 Å². The minimum Gasteiger partial charge on any atom is -0.387 e. The number of nitrogens with zero attached hydrogens (tertiary/aromatic N) is 1. The fraction of sp³-hybridized carbons (Fsp3) is 0.174. The summed E-state index contributed by atoms with van der Waals surface area (Å²) in [6.45, 7) is 3.60. The SMILES string of the molecule is CC(=O)c1cc(C)c2nc(-c3c(NCC(O)c4cccc(Br)c4)cc[nH]c3=O)[nH]c2c1. The van der Waals surface area contributed by atoms with Gasteiger partial charge in [-0.25, -0.2) is 4.98 Å². The lowest BCUT2D eigenvalue weighted by molar-refractivity contribution is 0.101. The molecular formula is C23H21BrN4O3. The van der Waals surface area contributed by atoms with E-state index in [9.17, 15) is 14.7 Å². The van der Waals surface area contributed by atoms with Gasteiger partial charge in [-0.15, -0.1) is 0 Å². The summed E-state index contributed by atoms with van der Waals surface area (Å²) in [5.74, 6) is 0.350. The van der Waals surface area contributed by atoms with Crippen molar-refractivity contribution in [1.29, 1.82) is 0 Å². The van der Waals surface area contributed by atoms with Gasteiger partial charge in [0, 0.05) is 22.8 Å². The standard InChI is InChI=1S/C23H21BrN4O3/c1-12-8-15(13(2)29)10-18-21(12)28-22(27-18)20-17(6-7-25-23(20)31)26-11-19(30)14-4-3-5-16(24)9-14/h3-10,19,30H,11H2,1-2H3,(H,27,28)(H2,25,26,31). The summed E-state index contributed by atoms with van der Waals surface area (Å²) >= 11 is 3.40. The zero-order chi connectivity index (χ0) is 22.1. The van der Waals surface area contributed by atoms with Crippen LogP contribution in [0.1, 0.15) is 34.5 Å². The van der Waals surface area contributed by atoms with Gasteiger partial charge in [0.05, 0.1) is 22.8 Å². The van der Waals surface area contributed by atoms with E-state index in [2.05, 4.69) is 36.2 Å². The Balaban J connectivity index is 1.69. The van der Waals surface area contributed by atoms with Crippen LogP contribution in [0.3, 0.4) is 0 Å². The largest absolute Gasteiger partial charge is 0.387 e. The van der Waals surface area contributed by atoms with Crippen molar-refractivity contribution in [3.8, 4) is 11.4 Å². The molecule has 1 unspecified atom stereocenters. The lowest BCUT2D eigenvalue weighted by Gasteiger charge is -2.15. The molecule has 0 aliphatic carbocycles. The third-order valence-corrected chi connectivity index (χ3v) is 5.59. The summed E-state index contributed by atoms with van der Waals surface area (Å²) in [6, 6.07) is 12.7. The van der Waals surface area contributed by atoms with Crippen LogP contribution >= 0.6 is 15.9 Å². The van der Waals surface area contributed by atoms with Gasteiger partial charge < -0.3 is 20.4 Å². The molecule has 2 aromatic carbocycles. The summed E-state index contributed by atoms with van der Waals surface area (Å²) in [5.41, 5.74) is 4.13. The van der Waals surface area contributed by atoms with Crippen LogP contribution < -0.4 is 10.9 Å². The van der Waals surface area contributed by atoms with Crippen molar-refractivity contribution >= 4 is 38.4 Å². The number of aliphatic hydroxyl groups is 1.